The van der Waals surface area contributed by atoms with Crippen LogP contribution in [0.4, 0.5) is 18.9 Å². The van der Waals surface area contributed by atoms with Crippen LogP contribution < -0.4 is 10.1 Å². The van der Waals surface area contributed by atoms with Crippen LogP contribution in [0.1, 0.15) is 23.5 Å². The Morgan fingerprint density at radius 3 is 2.38 bits per heavy atom. The molecule has 0 saturated carbocycles. The summed E-state index contributed by atoms with van der Waals surface area (Å²) in [6.07, 6.45) is -3.95. The van der Waals surface area contributed by atoms with Crippen molar-refractivity contribution < 1.29 is 17.9 Å². The Morgan fingerprint density at radius 1 is 0.952 bits per heavy atom. The number of ether oxygens (including phenoxy) is 1. The van der Waals surface area contributed by atoms with Crippen LogP contribution in [0.2, 0.25) is 0 Å². The lowest BCUT2D eigenvalue weighted by molar-refractivity contribution is -0.274. The summed E-state index contributed by atoms with van der Waals surface area (Å²) >= 11 is 0. The van der Waals surface area contributed by atoms with Gasteiger partial charge < -0.3 is 10.1 Å². The number of anilines is 1. The number of halogens is 3. The summed E-state index contributed by atoms with van der Waals surface area (Å²) in [5.41, 5.74) is 2.54. The fourth-order valence-electron chi connectivity index (χ4n) is 2.78. The predicted molar refractivity (Wildman–Crippen MR) is 74.5 cm³/mol. The van der Waals surface area contributed by atoms with Gasteiger partial charge in [0.25, 0.3) is 0 Å². The minimum atomic E-state index is -4.68. The minimum Gasteiger partial charge on any atom is -0.405 e. The average molecular weight is 293 g/mol. The maximum atomic E-state index is 12.5. The standard InChI is InChI=1S/C16H14F3NO/c17-16(18,19)21-15-8-4-2-6-13(15)11-9-10-20-14-7-3-1-5-12(11)14/h1-8,11,20H,9-10H2. The van der Waals surface area contributed by atoms with Crippen LogP contribution in [0.5, 0.6) is 5.75 Å². The Balaban J connectivity index is 2.02. The van der Waals surface area contributed by atoms with Crippen LogP contribution in [0.25, 0.3) is 0 Å². The third-order valence-electron chi connectivity index (χ3n) is 3.60. The summed E-state index contributed by atoms with van der Waals surface area (Å²) in [4.78, 5) is 0. The molecular weight excluding hydrogens is 279 g/mol. The van der Waals surface area contributed by atoms with E-state index in [2.05, 4.69) is 10.1 Å². The lowest BCUT2D eigenvalue weighted by Gasteiger charge is -2.28. The lowest BCUT2D eigenvalue weighted by atomic mass is 9.85. The van der Waals surface area contributed by atoms with Crippen molar-refractivity contribution in [2.45, 2.75) is 18.7 Å². The van der Waals surface area contributed by atoms with Gasteiger partial charge in [-0.25, -0.2) is 0 Å². The molecule has 110 valence electrons. The fourth-order valence-corrected chi connectivity index (χ4v) is 2.78. The second-order valence-electron chi connectivity index (χ2n) is 4.94. The quantitative estimate of drug-likeness (QED) is 0.878. The molecule has 0 aromatic heterocycles. The molecule has 0 amide bonds. The number of para-hydroxylation sites is 2. The van der Waals surface area contributed by atoms with Gasteiger partial charge in [-0.05, 0) is 24.1 Å². The van der Waals surface area contributed by atoms with E-state index >= 15 is 0 Å². The van der Waals surface area contributed by atoms with Crippen molar-refractivity contribution in [2.75, 3.05) is 11.9 Å². The molecule has 21 heavy (non-hydrogen) atoms. The zero-order valence-electron chi connectivity index (χ0n) is 11.2. The van der Waals surface area contributed by atoms with Crippen molar-refractivity contribution in [3.63, 3.8) is 0 Å². The summed E-state index contributed by atoms with van der Waals surface area (Å²) in [6.45, 7) is 0.724. The fraction of sp³-hybridized carbons (Fsp3) is 0.250. The first-order valence-corrected chi connectivity index (χ1v) is 6.72. The molecule has 1 aliphatic heterocycles. The van der Waals surface area contributed by atoms with E-state index in [1.807, 2.05) is 24.3 Å². The predicted octanol–water partition coefficient (Wildman–Crippen LogP) is 4.53. The van der Waals surface area contributed by atoms with Crippen LogP contribution in [-0.2, 0) is 0 Å². The Hall–Kier alpha value is -2.17. The third kappa shape index (κ3) is 2.96. The number of nitrogens with one attached hydrogen (secondary N) is 1. The Bertz CT molecular complexity index is 639. The zero-order chi connectivity index (χ0) is 14.9. The van der Waals surface area contributed by atoms with Crippen molar-refractivity contribution in [3.8, 4) is 5.75 Å². The van der Waals surface area contributed by atoms with Gasteiger partial charge in [-0.2, -0.15) is 0 Å². The van der Waals surface area contributed by atoms with Crippen molar-refractivity contribution in [1.29, 1.82) is 0 Å². The number of alkyl halides is 3. The highest BCUT2D eigenvalue weighted by Crippen LogP contribution is 2.41. The molecular formula is C16H14F3NO. The number of hydrogen-bond acceptors (Lipinski definition) is 2. The minimum absolute atomic E-state index is 0.0963. The molecule has 0 radical (unpaired) electrons. The topological polar surface area (TPSA) is 21.3 Å². The first kappa shape index (κ1) is 13.8. The summed E-state index contributed by atoms with van der Waals surface area (Å²) in [7, 11) is 0. The number of rotatable bonds is 2. The molecule has 0 spiro atoms. The number of fused-ring (bicyclic) bond motifs is 1. The Labute approximate surface area is 120 Å². The first-order valence-electron chi connectivity index (χ1n) is 6.72. The molecule has 0 fully saturated rings. The van der Waals surface area contributed by atoms with E-state index in [4.69, 9.17) is 0 Å². The monoisotopic (exact) mass is 293 g/mol. The molecule has 5 heteroatoms. The van der Waals surface area contributed by atoms with Gasteiger partial charge in [-0.3, -0.25) is 0 Å². The lowest BCUT2D eigenvalue weighted by Crippen LogP contribution is -2.21. The first-order chi connectivity index (χ1) is 10.0. The van der Waals surface area contributed by atoms with E-state index in [1.54, 1.807) is 18.2 Å². The van der Waals surface area contributed by atoms with Crippen LogP contribution in [0, 0.1) is 0 Å². The van der Waals surface area contributed by atoms with Gasteiger partial charge in [-0.15, -0.1) is 13.2 Å². The Morgan fingerprint density at radius 2 is 1.62 bits per heavy atom. The van der Waals surface area contributed by atoms with Crippen LogP contribution in [0.15, 0.2) is 48.5 Å². The van der Waals surface area contributed by atoms with E-state index in [0.717, 1.165) is 24.2 Å². The van der Waals surface area contributed by atoms with Crippen LogP contribution in [0.3, 0.4) is 0 Å². The van der Waals surface area contributed by atoms with Crippen LogP contribution in [-0.4, -0.2) is 12.9 Å². The number of hydrogen-bond donors (Lipinski definition) is 1. The molecule has 1 heterocycles. The van der Waals surface area contributed by atoms with Crippen molar-refractivity contribution in [1.82, 2.24) is 0 Å². The van der Waals surface area contributed by atoms with Crippen molar-refractivity contribution >= 4 is 5.69 Å². The normalized spacial score (nSPS) is 17.8. The second kappa shape index (κ2) is 5.31. The molecule has 2 nitrogen and oxygen atoms in total. The zero-order valence-corrected chi connectivity index (χ0v) is 11.2. The smallest absolute Gasteiger partial charge is 0.405 e. The molecule has 3 rings (SSSR count). The summed E-state index contributed by atoms with van der Waals surface area (Å²) < 4.78 is 41.8. The van der Waals surface area contributed by atoms with Crippen LogP contribution >= 0.6 is 0 Å². The molecule has 0 aliphatic carbocycles. The van der Waals surface area contributed by atoms with Gasteiger partial charge in [0.1, 0.15) is 5.75 Å². The van der Waals surface area contributed by atoms with Crippen molar-refractivity contribution in [2.24, 2.45) is 0 Å². The van der Waals surface area contributed by atoms with E-state index in [0.29, 0.717) is 5.56 Å². The molecule has 1 unspecified atom stereocenters. The largest absolute Gasteiger partial charge is 0.573 e. The maximum absolute atomic E-state index is 12.5. The van der Waals surface area contributed by atoms with Crippen molar-refractivity contribution in [3.05, 3.63) is 59.7 Å². The van der Waals surface area contributed by atoms with Gasteiger partial charge in [0.2, 0.25) is 0 Å². The second-order valence-corrected chi connectivity index (χ2v) is 4.94. The highest BCUT2D eigenvalue weighted by Gasteiger charge is 2.33. The molecule has 0 bridgehead atoms. The molecule has 2 aromatic rings. The van der Waals surface area contributed by atoms with Gasteiger partial charge in [0.05, 0.1) is 0 Å². The van der Waals surface area contributed by atoms with Gasteiger partial charge in [0.15, 0.2) is 0 Å². The van der Waals surface area contributed by atoms with E-state index in [9.17, 15) is 13.2 Å². The van der Waals surface area contributed by atoms with Gasteiger partial charge >= 0.3 is 6.36 Å². The highest BCUT2D eigenvalue weighted by molar-refractivity contribution is 5.58. The highest BCUT2D eigenvalue weighted by atomic mass is 19.4. The summed E-state index contributed by atoms with van der Waals surface area (Å²) in [6, 6.07) is 14.0. The van der Waals surface area contributed by atoms with E-state index in [1.165, 1.54) is 6.07 Å². The Kier molecular flexibility index (Phi) is 3.49. The van der Waals surface area contributed by atoms with E-state index in [-0.39, 0.29) is 11.7 Å². The third-order valence-corrected chi connectivity index (χ3v) is 3.60. The summed E-state index contributed by atoms with van der Waals surface area (Å²) in [5.74, 6) is -0.215. The summed E-state index contributed by atoms with van der Waals surface area (Å²) in [5, 5.41) is 3.27. The maximum Gasteiger partial charge on any atom is 0.573 e. The van der Waals surface area contributed by atoms with E-state index < -0.39 is 6.36 Å². The molecule has 1 atom stereocenters. The molecule has 1 N–H and O–H groups in total. The molecule has 2 aromatic carbocycles. The molecule has 0 saturated heterocycles. The van der Waals surface area contributed by atoms with Gasteiger partial charge in [0, 0.05) is 23.7 Å². The number of benzene rings is 2. The SMILES string of the molecule is FC(F)(F)Oc1ccccc1C1CCNc2ccccc21. The average Bonchev–Trinajstić information content (AvgIpc) is 2.46. The molecule has 1 aliphatic rings. The van der Waals surface area contributed by atoms with Gasteiger partial charge in [-0.1, -0.05) is 36.4 Å².